The third kappa shape index (κ3) is 2.85. The van der Waals surface area contributed by atoms with Gasteiger partial charge in [0, 0.05) is 6.42 Å². The summed E-state index contributed by atoms with van der Waals surface area (Å²) < 4.78 is 0. The fraction of sp³-hybridized carbons (Fsp3) is 0.929. The van der Waals surface area contributed by atoms with Crippen molar-refractivity contribution in [3.63, 3.8) is 0 Å². The highest BCUT2D eigenvalue weighted by molar-refractivity contribution is 5.84. The van der Waals surface area contributed by atoms with Crippen LogP contribution in [0.3, 0.4) is 0 Å². The van der Waals surface area contributed by atoms with Crippen molar-refractivity contribution in [2.75, 3.05) is 13.1 Å². The first-order valence-electron chi connectivity index (χ1n) is 7.08. The minimum absolute atomic E-state index is 0.288. The first kappa shape index (κ1) is 12.1. The molecule has 0 radical (unpaired) electrons. The number of Topliss-reactive ketones (excluding diaryl/α,β-unsaturated/α-hetero) is 1. The smallest absolute Gasteiger partial charge is 0.149 e. The van der Waals surface area contributed by atoms with Crippen molar-refractivity contribution in [1.82, 2.24) is 4.90 Å². The lowest BCUT2D eigenvalue weighted by Gasteiger charge is -2.38. The first-order chi connectivity index (χ1) is 7.81. The van der Waals surface area contributed by atoms with Crippen LogP contribution in [0, 0.1) is 5.92 Å². The molecule has 2 rings (SSSR count). The van der Waals surface area contributed by atoms with Gasteiger partial charge in [-0.25, -0.2) is 0 Å². The Balaban J connectivity index is 1.81. The van der Waals surface area contributed by atoms with Crippen LogP contribution in [0.2, 0.25) is 0 Å². The first-order valence-corrected chi connectivity index (χ1v) is 7.08. The van der Waals surface area contributed by atoms with Crippen LogP contribution in [0.1, 0.15) is 58.3 Å². The second-order valence-corrected chi connectivity index (χ2v) is 5.50. The number of hydrogen-bond acceptors (Lipinski definition) is 2. The van der Waals surface area contributed by atoms with Gasteiger partial charge >= 0.3 is 0 Å². The van der Waals surface area contributed by atoms with Gasteiger partial charge in [-0.3, -0.25) is 9.69 Å². The zero-order chi connectivity index (χ0) is 11.4. The average molecular weight is 223 g/mol. The monoisotopic (exact) mass is 223 g/mol. The van der Waals surface area contributed by atoms with Gasteiger partial charge in [0.25, 0.3) is 0 Å². The maximum Gasteiger partial charge on any atom is 0.149 e. The zero-order valence-corrected chi connectivity index (χ0v) is 10.6. The van der Waals surface area contributed by atoms with E-state index < -0.39 is 0 Å². The summed E-state index contributed by atoms with van der Waals surface area (Å²) in [5.41, 5.74) is 0. The fourth-order valence-corrected chi connectivity index (χ4v) is 3.31. The molecule has 0 aromatic rings. The molecule has 2 heteroatoms. The predicted octanol–water partition coefficient (Wildman–Crippen LogP) is 3.01. The van der Waals surface area contributed by atoms with Crippen molar-refractivity contribution in [3.05, 3.63) is 0 Å². The zero-order valence-electron chi connectivity index (χ0n) is 10.6. The fourth-order valence-electron chi connectivity index (χ4n) is 3.31. The predicted molar refractivity (Wildman–Crippen MR) is 66.5 cm³/mol. The second-order valence-electron chi connectivity index (χ2n) is 5.50. The number of rotatable bonds is 3. The number of piperidine rings is 1. The lowest BCUT2D eigenvalue weighted by molar-refractivity contribution is -0.126. The molecule has 92 valence electrons. The summed E-state index contributed by atoms with van der Waals surface area (Å²) in [5.74, 6) is 1.44. The molecule has 1 aliphatic carbocycles. The van der Waals surface area contributed by atoms with Crippen LogP contribution in [0.4, 0.5) is 0 Å². The molecule has 2 fully saturated rings. The summed E-state index contributed by atoms with van der Waals surface area (Å²) in [7, 11) is 0. The Morgan fingerprint density at radius 2 is 1.94 bits per heavy atom. The molecule has 16 heavy (non-hydrogen) atoms. The van der Waals surface area contributed by atoms with Crippen LogP contribution in [0.25, 0.3) is 0 Å². The Kier molecular flexibility index (Phi) is 4.39. The van der Waals surface area contributed by atoms with Gasteiger partial charge < -0.3 is 0 Å². The Morgan fingerprint density at radius 1 is 1.19 bits per heavy atom. The highest BCUT2D eigenvalue weighted by Crippen LogP contribution is 2.27. The van der Waals surface area contributed by atoms with Gasteiger partial charge in [0.05, 0.1) is 6.04 Å². The molecule has 1 aliphatic heterocycles. The molecule has 1 saturated carbocycles. The van der Waals surface area contributed by atoms with E-state index >= 15 is 0 Å². The van der Waals surface area contributed by atoms with Crippen molar-refractivity contribution in [1.29, 1.82) is 0 Å². The summed E-state index contributed by atoms with van der Waals surface area (Å²) in [6, 6.07) is 0.288. The lowest BCUT2D eigenvalue weighted by Crippen LogP contribution is -2.46. The van der Waals surface area contributed by atoms with E-state index in [0.717, 1.165) is 25.2 Å². The van der Waals surface area contributed by atoms with Crippen molar-refractivity contribution in [3.8, 4) is 0 Å². The molecule has 1 atom stereocenters. The average Bonchev–Trinajstić information content (AvgIpc) is 2.31. The van der Waals surface area contributed by atoms with Crippen molar-refractivity contribution in [2.24, 2.45) is 5.92 Å². The van der Waals surface area contributed by atoms with Crippen LogP contribution in [0.5, 0.6) is 0 Å². The van der Waals surface area contributed by atoms with Crippen LogP contribution in [0.15, 0.2) is 0 Å². The standard InChI is InChI=1S/C14H25NO/c1-2-5-12-8-10-15(11-9-12)13-6-3-4-7-14(13)16/h12-13H,2-11H2,1H3/t13-/m0/s1. The van der Waals surface area contributed by atoms with Gasteiger partial charge in [0.2, 0.25) is 0 Å². The van der Waals surface area contributed by atoms with Gasteiger partial charge in [-0.15, -0.1) is 0 Å². The van der Waals surface area contributed by atoms with Gasteiger partial charge in [-0.1, -0.05) is 26.2 Å². The number of hydrogen-bond donors (Lipinski definition) is 0. The normalized spacial score (nSPS) is 29.6. The molecule has 0 unspecified atom stereocenters. The molecule has 1 saturated heterocycles. The third-order valence-corrected chi connectivity index (χ3v) is 4.31. The van der Waals surface area contributed by atoms with Crippen molar-refractivity contribution in [2.45, 2.75) is 64.3 Å². The van der Waals surface area contributed by atoms with Gasteiger partial charge in [-0.05, 0) is 44.7 Å². The van der Waals surface area contributed by atoms with E-state index in [1.54, 1.807) is 0 Å². The number of carbonyl (C=O) groups excluding carboxylic acids is 1. The minimum Gasteiger partial charge on any atom is -0.298 e. The SMILES string of the molecule is CCCC1CCN([C@H]2CCCCC2=O)CC1. The summed E-state index contributed by atoms with van der Waals surface area (Å²) in [6.07, 6.45) is 9.67. The number of likely N-dealkylation sites (tertiary alicyclic amines) is 1. The Labute approximate surface area is 99.4 Å². The molecule has 0 aromatic heterocycles. The van der Waals surface area contributed by atoms with Crippen LogP contribution >= 0.6 is 0 Å². The van der Waals surface area contributed by atoms with Crippen molar-refractivity contribution < 1.29 is 4.79 Å². The molecule has 0 aromatic carbocycles. The van der Waals surface area contributed by atoms with Crippen LogP contribution < -0.4 is 0 Å². The largest absolute Gasteiger partial charge is 0.298 e. The number of ketones is 1. The molecule has 0 bridgehead atoms. The van der Waals surface area contributed by atoms with Crippen molar-refractivity contribution >= 4 is 5.78 Å². The van der Waals surface area contributed by atoms with Gasteiger partial charge in [-0.2, -0.15) is 0 Å². The van der Waals surface area contributed by atoms with Crippen LogP contribution in [-0.4, -0.2) is 29.8 Å². The van der Waals surface area contributed by atoms with E-state index in [9.17, 15) is 4.79 Å². The molecule has 0 amide bonds. The lowest BCUT2D eigenvalue weighted by atomic mass is 9.88. The summed E-state index contributed by atoms with van der Waals surface area (Å²) >= 11 is 0. The molecular formula is C14H25NO. The van der Waals surface area contributed by atoms with E-state index in [1.165, 1.54) is 45.2 Å². The molecule has 0 spiro atoms. The molecule has 2 nitrogen and oxygen atoms in total. The van der Waals surface area contributed by atoms with Gasteiger partial charge in [0.1, 0.15) is 5.78 Å². The van der Waals surface area contributed by atoms with E-state index in [0.29, 0.717) is 5.78 Å². The Bertz CT molecular complexity index is 231. The molecule has 1 heterocycles. The highest BCUT2D eigenvalue weighted by atomic mass is 16.1. The minimum atomic E-state index is 0.288. The summed E-state index contributed by atoms with van der Waals surface area (Å²) in [6.45, 7) is 4.61. The van der Waals surface area contributed by atoms with E-state index in [2.05, 4.69) is 11.8 Å². The Hall–Kier alpha value is -0.370. The molecule has 2 aliphatic rings. The second kappa shape index (κ2) is 5.81. The Morgan fingerprint density at radius 3 is 2.56 bits per heavy atom. The van der Waals surface area contributed by atoms with Crippen LogP contribution in [-0.2, 0) is 4.79 Å². The molecule has 0 N–H and O–H groups in total. The number of carbonyl (C=O) groups is 1. The summed E-state index contributed by atoms with van der Waals surface area (Å²) in [4.78, 5) is 14.3. The highest BCUT2D eigenvalue weighted by Gasteiger charge is 2.30. The van der Waals surface area contributed by atoms with E-state index in [-0.39, 0.29) is 6.04 Å². The van der Waals surface area contributed by atoms with E-state index in [1.807, 2.05) is 0 Å². The maximum atomic E-state index is 11.9. The maximum absolute atomic E-state index is 11.9. The quantitative estimate of drug-likeness (QED) is 0.733. The third-order valence-electron chi connectivity index (χ3n) is 4.31. The topological polar surface area (TPSA) is 20.3 Å². The number of nitrogens with zero attached hydrogens (tertiary/aromatic N) is 1. The van der Waals surface area contributed by atoms with E-state index in [4.69, 9.17) is 0 Å². The summed E-state index contributed by atoms with van der Waals surface area (Å²) in [5, 5.41) is 0. The molecular weight excluding hydrogens is 198 g/mol. The van der Waals surface area contributed by atoms with Gasteiger partial charge in [0.15, 0.2) is 0 Å².